The normalized spacial score (nSPS) is 17.2. The molecule has 0 unspecified atom stereocenters. The number of oxime groups is 1. The molecule has 0 saturated heterocycles. The van der Waals surface area contributed by atoms with Crippen LogP contribution in [0.15, 0.2) is 53.7 Å². The van der Waals surface area contributed by atoms with E-state index in [0.29, 0.717) is 0 Å². The molecule has 1 atom stereocenters. The number of hydrogen-bond donors (Lipinski definition) is 1. The second-order valence-corrected chi connectivity index (χ2v) is 5.64. The lowest BCUT2D eigenvalue weighted by molar-refractivity contribution is -0.676. The highest BCUT2D eigenvalue weighted by Gasteiger charge is 2.24. The first-order valence-corrected chi connectivity index (χ1v) is 7.57. The number of aryl methyl sites for hydroxylation is 1. The van der Waals surface area contributed by atoms with Crippen molar-refractivity contribution < 1.29 is 14.5 Å². The zero-order chi connectivity index (χ0) is 15.4. The van der Waals surface area contributed by atoms with Crippen LogP contribution in [0.1, 0.15) is 23.1 Å². The van der Waals surface area contributed by atoms with Crippen molar-refractivity contribution in [1.82, 2.24) is 0 Å². The Hall–Kier alpha value is -2.20. The van der Waals surface area contributed by atoms with Crippen LogP contribution >= 0.6 is 0 Å². The van der Waals surface area contributed by atoms with Crippen molar-refractivity contribution in [1.29, 1.82) is 0 Å². The highest BCUT2D eigenvalue weighted by Crippen LogP contribution is 2.18. The van der Waals surface area contributed by atoms with Crippen molar-refractivity contribution in [3.63, 3.8) is 0 Å². The number of halogens is 1. The first kappa shape index (κ1) is 14.7. The van der Waals surface area contributed by atoms with Crippen LogP contribution in [0.3, 0.4) is 0 Å². The minimum Gasteiger partial charge on any atom is -0.386 e. The predicted octanol–water partition coefficient (Wildman–Crippen LogP) is 2.39. The molecular weight excluding hydrogens is 279 g/mol. The molecule has 2 aromatic carbocycles. The Kier molecular flexibility index (Phi) is 4.49. The molecule has 0 radical (unpaired) electrons. The maximum absolute atomic E-state index is 13.1. The molecule has 114 valence electrons. The molecule has 0 aliphatic carbocycles. The van der Waals surface area contributed by atoms with Gasteiger partial charge in [-0.15, -0.1) is 0 Å². The van der Waals surface area contributed by atoms with Crippen molar-refractivity contribution in [2.75, 3.05) is 6.54 Å². The van der Waals surface area contributed by atoms with E-state index in [1.165, 1.54) is 11.6 Å². The van der Waals surface area contributed by atoms with Gasteiger partial charge in [-0.25, -0.2) is 4.39 Å². The van der Waals surface area contributed by atoms with Crippen LogP contribution in [0.2, 0.25) is 0 Å². The molecule has 0 bridgehead atoms. The summed E-state index contributed by atoms with van der Waals surface area (Å²) in [7, 11) is 0. The van der Waals surface area contributed by atoms with Crippen molar-refractivity contribution in [3.8, 4) is 0 Å². The van der Waals surface area contributed by atoms with E-state index in [9.17, 15) is 4.39 Å². The van der Waals surface area contributed by atoms with Crippen molar-refractivity contribution >= 4 is 5.71 Å². The molecule has 1 aliphatic heterocycles. The van der Waals surface area contributed by atoms with Crippen LogP contribution < -0.4 is 5.32 Å². The minimum atomic E-state index is -0.187. The molecule has 1 aliphatic rings. The quantitative estimate of drug-likeness (QED) is 0.904. The number of hydrogen-bond acceptors (Lipinski definition) is 2. The molecule has 0 amide bonds. The summed E-state index contributed by atoms with van der Waals surface area (Å²) in [4.78, 5) is 5.52. The van der Waals surface area contributed by atoms with Gasteiger partial charge in [0.05, 0.1) is 5.71 Å². The SMILES string of the molecule is Cc1ccccc1C1=NO[C@H](C[NH2+]Cc2cccc(F)c2)C1. The van der Waals surface area contributed by atoms with Gasteiger partial charge in [-0.3, -0.25) is 0 Å². The number of benzene rings is 2. The molecule has 2 aromatic rings. The zero-order valence-electron chi connectivity index (χ0n) is 12.6. The smallest absolute Gasteiger partial charge is 0.181 e. The van der Waals surface area contributed by atoms with E-state index in [-0.39, 0.29) is 11.9 Å². The third-order valence-corrected chi connectivity index (χ3v) is 3.89. The maximum atomic E-state index is 13.1. The average Bonchev–Trinajstić information content (AvgIpc) is 2.96. The van der Waals surface area contributed by atoms with Crippen LogP contribution in [-0.2, 0) is 11.4 Å². The molecule has 0 fully saturated rings. The van der Waals surface area contributed by atoms with Crippen LogP contribution in [-0.4, -0.2) is 18.4 Å². The number of quaternary nitrogens is 1. The lowest BCUT2D eigenvalue weighted by atomic mass is 10.0. The van der Waals surface area contributed by atoms with Crippen LogP contribution in [0.4, 0.5) is 4.39 Å². The first-order chi connectivity index (χ1) is 10.7. The van der Waals surface area contributed by atoms with Gasteiger partial charge >= 0.3 is 0 Å². The molecule has 3 rings (SSSR count). The Labute approximate surface area is 129 Å². The van der Waals surface area contributed by atoms with Crippen molar-refractivity contribution in [3.05, 3.63) is 71.0 Å². The van der Waals surface area contributed by atoms with E-state index in [4.69, 9.17) is 4.84 Å². The molecule has 22 heavy (non-hydrogen) atoms. The minimum absolute atomic E-state index is 0.0863. The summed E-state index contributed by atoms with van der Waals surface area (Å²) in [6.45, 7) is 3.65. The van der Waals surface area contributed by atoms with Crippen LogP contribution in [0.25, 0.3) is 0 Å². The van der Waals surface area contributed by atoms with Crippen LogP contribution in [0, 0.1) is 12.7 Å². The molecular formula is C18H20FN2O+. The van der Waals surface area contributed by atoms with E-state index in [1.807, 2.05) is 18.2 Å². The van der Waals surface area contributed by atoms with E-state index >= 15 is 0 Å². The van der Waals surface area contributed by atoms with Gasteiger partial charge in [-0.1, -0.05) is 41.6 Å². The van der Waals surface area contributed by atoms with Gasteiger partial charge in [-0.2, -0.15) is 0 Å². The highest BCUT2D eigenvalue weighted by atomic mass is 19.1. The Morgan fingerprint density at radius 1 is 1.23 bits per heavy atom. The van der Waals surface area contributed by atoms with Gasteiger partial charge in [0.2, 0.25) is 0 Å². The summed E-state index contributed by atoms with van der Waals surface area (Å²) in [5.74, 6) is -0.187. The van der Waals surface area contributed by atoms with Gasteiger partial charge in [0.25, 0.3) is 0 Å². The Morgan fingerprint density at radius 3 is 2.91 bits per heavy atom. The number of nitrogens with two attached hydrogens (primary N) is 1. The summed E-state index contributed by atoms with van der Waals surface area (Å²) in [6, 6.07) is 14.9. The molecule has 4 heteroatoms. The maximum Gasteiger partial charge on any atom is 0.181 e. The summed E-state index contributed by atoms with van der Waals surface area (Å²) in [6.07, 6.45) is 0.910. The number of nitrogens with zero attached hydrogens (tertiary/aromatic N) is 1. The van der Waals surface area contributed by atoms with Gasteiger partial charge in [0, 0.05) is 17.5 Å². The summed E-state index contributed by atoms with van der Waals surface area (Å²) in [5.41, 5.74) is 4.38. The zero-order valence-corrected chi connectivity index (χ0v) is 12.6. The summed E-state index contributed by atoms with van der Waals surface area (Å²) >= 11 is 0. The second kappa shape index (κ2) is 6.71. The standard InChI is InChI=1S/C18H19FN2O/c1-13-5-2-3-8-17(13)18-10-16(22-21-18)12-20-11-14-6-4-7-15(19)9-14/h2-9,16,20H,10-12H2,1H3/p+1/t16-/m0/s1. The van der Waals surface area contributed by atoms with E-state index in [0.717, 1.165) is 36.3 Å². The molecule has 3 nitrogen and oxygen atoms in total. The molecule has 0 aromatic heterocycles. The lowest BCUT2D eigenvalue weighted by Gasteiger charge is -2.07. The number of rotatable bonds is 5. The fourth-order valence-electron chi connectivity index (χ4n) is 2.71. The molecule has 0 spiro atoms. The largest absolute Gasteiger partial charge is 0.386 e. The average molecular weight is 299 g/mol. The van der Waals surface area contributed by atoms with Gasteiger partial charge < -0.3 is 10.2 Å². The monoisotopic (exact) mass is 299 g/mol. The second-order valence-electron chi connectivity index (χ2n) is 5.64. The molecule has 0 saturated carbocycles. The van der Waals surface area contributed by atoms with E-state index < -0.39 is 0 Å². The summed E-state index contributed by atoms with van der Waals surface area (Å²) < 4.78 is 13.1. The van der Waals surface area contributed by atoms with E-state index in [2.05, 4.69) is 29.5 Å². The Morgan fingerprint density at radius 2 is 2.09 bits per heavy atom. The molecule has 1 heterocycles. The fourth-order valence-corrected chi connectivity index (χ4v) is 2.71. The van der Waals surface area contributed by atoms with Gasteiger partial charge in [-0.05, 0) is 24.6 Å². The van der Waals surface area contributed by atoms with Gasteiger partial charge in [0.15, 0.2) is 6.10 Å². The topological polar surface area (TPSA) is 38.2 Å². The summed E-state index contributed by atoms with van der Waals surface area (Å²) in [5, 5.41) is 6.36. The molecule has 2 N–H and O–H groups in total. The Bertz CT molecular complexity index is 684. The first-order valence-electron chi connectivity index (χ1n) is 7.57. The van der Waals surface area contributed by atoms with Crippen LogP contribution in [0.5, 0.6) is 0 Å². The highest BCUT2D eigenvalue weighted by molar-refractivity contribution is 6.02. The predicted molar refractivity (Wildman–Crippen MR) is 84.1 cm³/mol. The van der Waals surface area contributed by atoms with Crippen molar-refractivity contribution in [2.24, 2.45) is 5.16 Å². The Balaban J connectivity index is 1.50. The third-order valence-electron chi connectivity index (χ3n) is 3.89. The fraction of sp³-hybridized carbons (Fsp3) is 0.278. The third kappa shape index (κ3) is 3.52. The van der Waals surface area contributed by atoms with Crippen molar-refractivity contribution in [2.45, 2.75) is 26.0 Å². The van der Waals surface area contributed by atoms with E-state index in [1.54, 1.807) is 12.1 Å². The lowest BCUT2D eigenvalue weighted by Crippen LogP contribution is -2.84. The van der Waals surface area contributed by atoms with Gasteiger partial charge in [0.1, 0.15) is 18.9 Å².